The first-order chi connectivity index (χ1) is 7.26. The van der Waals surface area contributed by atoms with Crippen LogP contribution in [0.1, 0.15) is 19.5 Å². The molecule has 1 heterocycles. The average Bonchev–Trinajstić information content (AvgIpc) is 2.66. The maximum atomic E-state index is 4.14. The summed E-state index contributed by atoms with van der Waals surface area (Å²) >= 11 is 0. The summed E-state index contributed by atoms with van der Waals surface area (Å²) in [5, 5.41) is 0. The van der Waals surface area contributed by atoms with Crippen LogP contribution in [-0.4, -0.2) is 9.55 Å². The highest BCUT2D eigenvalue weighted by atomic mass is 15.0. The average molecular weight is 204 g/mol. The fourth-order valence-electron chi connectivity index (χ4n) is 1.11. The second kappa shape index (κ2) is 7.80. The van der Waals surface area contributed by atoms with Crippen molar-refractivity contribution in [3.63, 3.8) is 0 Å². The van der Waals surface area contributed by atoms with E-state index >= 15 is 0 Å². The van der Waals surface area contributed by atoms with E-state index in [2.05, 4.69) is 18.1 Å². The molecule has 0 aliphatic rings. The molecule has 0 aromatic carbocycles. The molecule has 0 bridgehead atoms. The Kier molecular flexibility index (Phi) is 6.98. The summed E-state index contributed by atoms with van der Waals surface area (Å²) in [7, 11) is 0. The van der Waals surface area contributed by atoms with Gasteiger partial charge >= 0.3 is 0 Å². The molecule has 2 heteroatoms. The van der Waals surface area contributed by atoms with Crippen LogP contribution in [0.4, 0.5) is 0 Å². The second-order valence-corrected chi connectivity index (χ2v) is 2.87. The zero-order chi connectivity index (χ0) is 11.7. The summed E-state index contributed by atoms with van der Waals surface area (Å²) in [5.74, 6) is 0. The van der Waals surface area contributed by atoms with Crippen molar-refractivity contribution >= 4 is 0 Å². The molecule has 0 N–H and O–H groups in total. The number of hydrogen-bond acceptors (Lipinski definition) is 1. The Bertz CT molecular complexity index is 332. The zero-order valence-electron chi connectivity index (χ0n) is 9.90. The van der Waals surface area contributed by atoms with Gasteiger partial charge in [0.25, 0.3) is 0 Å². The first kappa shape index (κ1) is 13.4. The molecule has 0 saturated heterocycles. The maximum Gasteiger partial charge on any atom is 0.0952 e. The summed E-state index contributed by atoms with van der Waals surface area (Å²) in [6, 6.07) is 0. The van der Waals surface area contributed by atoms with E-state index in [4.69, 9.17) is 0 Å². The Morgan fingerprint density at radius 3 is 2.53 bits per heavy atom. The van der Waals surface area contributed by atoms with Crippen LogP contribution in [0.5, 0.6) is 0 Å². The van der Waals surface area contributed by atoms with Crippen molar-refractivity contribution in [1.82, 2.24) is 9.55 Å². The fraction of sp³-hybridized carbons (Fsp3) is 0.308. The lowest BCUT2D eigenvalue weighted by Crippen LogP contribution is -1.95. The van der Waals surface area contributed by atoms with Crippen LogP contribution < -0.4 is 0 Å². The summed E-state index contributed by atoms with van der Waals surface area (Å²) in [5.41, 5.74) is 2.16. The number of nitrogens with zero attached hydrogens (tertiary/aromatic N) is 2. The molecule has 0 aliphatic carbocycles. The third-order valence-corrected chi connectivity index (χ3v) is 1.72. The topological polar surface area (TPSA) is 17.8 Å². The van der Waals surface area contributed by atoms with Gasteiger partial charge < -0.3 is 4.57 Å². The predicted octanol–water partition coefficient (Wildman–Crippen LogP) is 3.52. The van der Waals surface area contributed by atoms with Gasteiger partial charge in [-0.2, -0.15) is 0 Å². The minimum Gasteiger partial charge on any atom is -0.333 e. The van der Waals surface area contributed by atoms with Gasteiger partial charge in [-0.15, -0.1) is 0 Å². The largest absolute Gasteiger partial charge is 0.333 e. The molecule has 2 nitrogen and oxygen atoms in total. The molecule has 82 valence electrons. The van der Waals surface area contributed by atoms with E-state index in [0.717, 1.165) is 17.8 Å². The summed E-state index contributed by atoms with van der Waals surface area (Å²) in [6.45, 7) is 14.2. The first-order valence-corrected chi connectivity index (χ1v) is 5.18. The van der Waals surface area contributed by atoms with Crippen molar-refractivity contribution < 1.29 is 0 Å². The summed E-state index contributed by atoms with van der Waals surface area (Å²) in [6.07, 6.45) is 9.36. The number of hydrogen-bond donors (Lipinski definition) is 0. The molecule has 0 radical (unpaired) electrons. The SMILES string of the molecule is C=C/C=C(\C=C)Cn1cnc(C)c1.CC. The molecular formula is C13H20N2. The van der Waals surface area contributed by atoms with Gasteiger partial charge in [0.15, 0.2) is 0 Å². The Morgan fingerprint density at radius 2 is 2.13 bits per heavy atom. The highest BCUT2D eigenvalue weighted by molar-refractivity contribution is 5.21. The maximum absolute atomic E-state index is 4.14. The van der Waals surface area contributed by atoms with E-state index < -0.39 is 0 Å². The molecule has 0 fully saturated rings. The number of rotatable bonds is 4. The van der Waals surface area contributed by atoms with Crippen molar-refractivity contribution in [2.24, 2.45) is 0 Å². The standard InChI is InChI=1S/C11H14N2.C2H6/c1-4-6-11(5-2)8-13-7-10(3)12-9-13;1-2/h4-7,9H,1-2,8H2,3H3;1-2H3/b11-6+;. The van der Waals surface area contributed by atoms with Gasteiger partial charge in [-0.05, 0) is 12.5 Å². The Morgan fingerprint density at radius 1 is 1.47 bits per heavy atom. The molecule has 0 atom stereocenters. The molecule has 0 aliphatic heterocycles. The number of aryl methyl sites for hydroxylation is 1. The minimum atomic E-state index is 0.802. The van der Waals surface area contributed by atoms with Gasteiger partial charge in [0.1, 0.15) is 0 Å². The molecule has 1 aromatic heterocycles. The van der Waals surface area contributed by atoms with Crippen molar-refractivity contribution in [3.05, 3.63) is 55.2 Å². The molecular weight excluding hydrogens is 184 g/mol. The van der Waals surface area contributed by atoms with Crippen molar-refractivity contribution in [1.29, 1.82) is 0 Å². The van der Waals surface area contributed by atoms with Gasteiger partial charge in [0.2, 0.25) is 0 Å². The number of aromatic nitrogens is 2. The molecule has 0 spiro atoms. The smallest absolute Gasteiger partial charge is 0.0952 e. The van der Waals surface area contributed by atoms with Gasteiger partial charge in [-0.3, -0.25) is 0 Å². The van der Waals surface area contributed by atoms with Crippen LogP contribution in [0, 0.1) is 6.92 Å². The van der Waals surface area contributed by atoms with E-state index in [9.17, 15) is 0 Å². The van der Waals surface area contributed by atoms with Gasteiger partial charge in [0, 0.05) is 12.7 Å². The zero-order valence-corrected chi connectivity index (χ0v) is 9.90. The van der Waals surface area contributed by atoms with Crippen LogP contribution >= 0.6 is 0 Å². The lowest BCUT2D eigenvalue weighted by Gasteiger charge is -2.01. The fourth-order valence-corrected chi connectivity index (χ4v) is 1.11. The highest BCUT2D eigenvalue weighted by Crippen LogP contribution is 2.02. The lowest BCUT2D eigenvalue weighted by molar-refractivity contribution is 0.796. The molecule has 15 heavy (non-hydrogen) atoms. The minimum absolute atomic E-state index is 0.802. The lowest BCUT2D eigenvalue weighted by atomic mass is 10.2. The van der Waals surface area contributed by atoms with Crippen molar-refractivity contribution in [3.8, 4) is 0 Å². The molecule has 0 unspecified atom stereocenters. The highest BCUT2D eigenvalue weighted by Gasteiger charge is 1.94. The van der Waals surface area contributed by atoms with Crippen LogP contribution in [0.3, 0.4) is 0 Å². The summed E-state index contributed by atoms with van der Waals surface area (Å²) < 4.78 is 2.02. The van der Waals surface area contributed by atoms with Crippen LogP contribution in [-0.2, 0) is 6.54 Å². The second-order valence-electron chi connectivity index (χ2n) is 2.87. The Balaban J connectivity index is 0.000000921. The Hall–Kier alpha value is -1.57. The van der Waals surface area contributed by atoms with Gasteiger partial charge in [-0.25, -0.2) is 4.98 Å². The molecule has 0 saturated carbocycles. The van der Waals surface area contributed by atoms with Crippen molar-refractivity contribution in [2.45, 2.75) is 27.3 Å². The van der Waals surface area contributed by atoms with Crippen LogP contribution in [0.2, 0.25) is 0 Å². The van der Waals surface area contributed by atoms with Crippen molar-refractivity contribution in [2.75, 3.05) is 0 Å². The third kappa shape index (κ3) is 5.01. The predicted molar refractivity (Wildman–Crippen MR) is 66.8 cm³/mol. The summed E-state index contributed by atoms with van der Waals surface area (Å²) in [4.78, 5) is 4.14. The van der Waals surface area contributed by atoms with E-state index in [1.807, 2.05) is 50.0 Å². The van der Waals surface area contributed by atoms with E-state index in [-0.39, 0.29) is 0 Å². The molecule has 0 amide bonds. The van der Waals surface area contributed by atoms with E-state index in [0.29, 0.717) is 0 Å². The molecule has 1 aromatic rings. The van der Waals surface area contributed by atoms with Crippen LogP contribution in [0.15, 0.2) is 49.5 Å². The van der Waals surface area contributed by atoms with Crippen LogP contribution in [0.25, 0.3) is 0 Å². The van der Waals surface area contributed by atoms with E-state index in [1.54, 1.807) is 6.08 Å². The molecule has 1 rings (SSSR count). The normalized spacial score (nSPS) is 10.2. The Labute approximate surface area is 92.7 Å². The monoisotopic (exact) mass is 204 g/mol. The first-order valence-electron chi connectivity index (χ1n) is 5.18. The number of allylic oxidation sites excluding steroid dienone is 4. The van der Waals surface area contributed by atoms with Gasteiger partial charge in [0.05, 0.1) is 12.0 Å². The number of imidazole rings is 1. The van der Waals surface area contributed by atoms with Gasteiger partial charge in [-0.1, -0.05) is 45.2 Å². The quantitative estimate of drug-likeness (QED) is 0.686. The van der Waals surface area contributed by atoms with E-state index in [1.165, 1.54) is 0 Å². The third-order valence-electron chi connectivity index (χ3n) is 1.72.